The number of halogens is 1. The number of nitrogens with zero attached hydrogens (tertiary/aromatic N) is 1. The third-order valence-electron chi connectivity index (χ3n) is 7.26. The molecule has 0 unspecified atom stereocenters. The quantitative estimate of drug-likeness (QED) is 0.205. The average molecular weight is 550 g/mol. The Morgan fingerprint density at radius 1 is 0.395 bits per heavy atom. The lowest BCUT2D eigenvalue weighted by atomic mass is 9.94. The summed E-state index contributed by atoms with van der Waals surface area (Å²) in [5.74, 6) is 0. The van der Waals surface area contributed by atoms with Crippen LogP contribution in [0.2, 0.25) is 0 Å². The summed E-state index contributed by atoms with van der Waals surface area (Å²) >= 11 is 3.65. The van der Waals surface area contributed by atoms with Gasteiger partial charge >= 0.3 is 0 Å². The highest BCUT2D eigenvalue weighted by Crippen LogP contribution is 2.39. The van der Waals surface area contributed by atoms with Gasteiger partial charge in [0.15, 0.2) is 0 Å². The van der Waals surface area contributed by atoms with Gasteiger partial charge in [-0.25, -0.2) is 0 Å². The van der Waals surface area contributed by atoms with E-state index in [2.05, 4.69) is 166 Å². The molecule has 0 atom stereocenters. The molecule has 0 bridgehead atoms. The zero-order valence-electron chi connectivity index (χ0n) is 20.7. The first-order valence-electron chi connectivity index (χ1n) is 12.8. The van der Waals surface area contributed by atoms with E-state index in [1.54, 1.807) is 0 Å². The van der Waals surface area contributed by atoms with E-state index in [-0.39, 0.29) is 0 Å². The van der Waals surface area contributed by atoms with Gasteiger partial charge in [0, 0.05) is 20.9 Å². The van der Waals surface area contributed by atoms with Gasteiger partial charge in [0.05, 0.1) is 11.0 Å². The fourth-order valence-corrected chi connectivity index (χ4v) is 5.90. The van der Waals surface area contributed by atoms with Gasteiger partial charge < -0.3 is 4.57 Å². The molecule has 38 heavy (non-hydrogen) atoms. The molecule has 0 aliphatic heterocycles. The molecular formula is C36H24BrN. The van der Waals surface area contributed by atoms with Crippen LogP contribution in [0.15, 0.2) is 150 Å². The van der Waals surface area contributed by atoms with Crippen LogP contribution in [0.1, 0.15) is 0 Å². The Hall–Kier alpha value is -4.40. The summed E-state index contributed by atoms with van der Waals surface area (Å²) in [6, 6.07) is 52.2. The molecule has 0 spiro atoms. The number of aromatic nitrogens is 1. The molecule has 0 radical (unpaired) electrons. The Kier molecular flexibility index (Phi) is 5.68. The number of hydrogen-bond acceptors (Lipinski definition) is 0. The second-order valence-electron chi connectivity index (χ2n) is 9.56. The van der Waals surface area contributed by atoms with E-state index in [1.807, 2.05) is 0 Å². The molecule has 0 saturated heterocycles. The molecule has 0 N–H and O–H groups in total. The van der Waals surface area contributed by atoms with Crippen molar-refractivity contribution in [2.24, 2.45) is 0 Å². The highest BCUT2D eigenvalue weighted by molar-refractivity contribution is 9.10. The van der Waals surface area contributed by atoms with E-state index in [4.69, 9.17) is 0 Å². The molecule has 1 nitrogen and oxygen atoms in total. The Labute approximate surface area is 230 Å². The summed E-state index contributed by atoms with van der Waals surface area (Å²) < 4.78 is 3.48. The Bertz CT molecular complexity index is 1920. The van der Waals surface area contributed by atoms with Crippen molar-refractivity contribution >= 4 is 37.7 Å². The lowest BCUT2D eigenvalue weighted by Crippen LogP contribution is -1.93. The zero-order chi connectivity index (χ0) is 25.5. The molecule has 0 fully saturated rings. The fraction of sp³-hybridized carbons (Fsp3) is 0. The SMILES string of the molecule is Brc1cccc(-c2ccccc2-c2ccc3c4cc(-c5ccccc5)ccc4n(-c4ccccc4)c3c2)c1. The Morgan fingerprint density at radius 3 is 1.76 bits per heavy atom. The smallest absolute Gasteiger partial charge is 0.0547 e. The van der Waals surface area contributed by atoms with Crippen LogP contribution in [0.25, 0.3) is 60.9 Å². The standard InChI is InChI=1S/C36H24BrN/c37-29-13-9-12-27(22-29)31-16-7-8-17-32(31)28-18-20-33-34-23-26(25-10-3-1-4-11-25)19-21-35(34)38(36(33)24-28)30-14-5-2-6-15-30/h1-24H. The lowest BCUT2D eigenvalue weighted by molar-refractivity contribution is 1.18. The molecule has 6 aromatic carbocycles. The van der Waals surface area contributed by atoms with Gasteiger partial charge in [-0.15, -0.1) is 0 Å². The normalized spacial score (nSPS) is 11.3. The maximum absolute atomic E-state index is 3.65. The van der Waals surface area contributed by atoms with Gasteiger partial charge in [-0.3, -0.25) is 0 Å². The summed E-state index contributed by atoms with van der Waals surface area (Å²) in [6.45, 7) is 0. The predicted octanol–water partition coefficient (Wildman–Crippen LogP) is 10.5. The molecule has 180 valence electrons. The third kappa shape index (κ3) is 3.95. The van der Waals surface area contributed by atoms with Crippen molar-refractivity contribution < 1.29 is 0 Å². The van der Waals surface area contributed by atoms with Gasteiger partial charge in [-0.05, 0) is 75.8 Å². The van der Waals surface area contributed by atoms with Crippen molar-refractivity contribution in [3.8, 4) is 39.1 Å². The van der Waals surface area contributed by atoms with Crippen molar-refractivity contribution in [3.63, 3.8) is 0 Å². The van der Waals surface area contributed by atoms with E-state index in [0.29, 0.717) is 0 Å². The molecule has 7 aromatic rings. The molecule has 0 aliphatic rings. The van der Waals surface area contributed by atoms with E-state index in [0.717, 1.165) is 10.2 Å². The minimum atomic E-state index is 1.08. The minimum Gasteiger partial charge on any atom is -0.309 e. The molecular weight excluding hydrogens is 526 g/mol. The zero-order valence-corrected chi connectivity index (χ0v) is 22.3. The van der Waals surface area contributed by atoms with Gasteiger partial charge in [0.2, 0.25) is 0 Å². The van der Waals surface area contributed by atoms with Crippen LogP contribution in [-0.4, -0.2) is 4.57 Å². The number of hydrogen-bond donors (Lipinski definition) is 0. The van der Waals surface area contributed by atoms with Gasteiger partial charge in [-0.1, -0.05) is 119 Å². The maximum atomic E-state index is 3.65. The van der Waals surface area contributed by atoms with Crippen molar-refractivity contribution in [2.45, 2.75) is 0 Å². The highest BCUT2D eigenvalue weighted by Gasteiger charge is 2.16. The summed E-state index contributed by atoms with van der Waals surface area (Å²) in [5.41, 5.74) is 10.9. The minimum absolute atomic E-state index is 1.08. The number of benzene rings is 6. The molecule has 2 heteroatoms. The molecule has 1 heterocycles. The fourth-order valence-electron chi connectivity index (χ4n) is 5.50. The van der Waals surface area contributed by atoms with Gasteiger partial charge in [-0.2, -0.15) is 0 Å². The van der Waals surface area contributed by atoms with E-state index in [1.165, 1.54) is 55.2 Å². The topological polar surface area (TPSA) is 4.93 Å². The van der Waals surface area contributed by atoms with Gasteiger partial charge in [0.25, 0.3) is 0 Å². The van der Waals surface area contributed by atoms with Crippen LogP contribution in [0.5, 0.6) is 0 Å². The highest BCUT2D eigenvalue weighted by atomic mass is 79.9. The van der Waals surface area contributed by atoms with Crippen molar-refractivity contribution in [2.75, 3.05) is 0 Å². The first kappa shape index (κ1) is 22.8. The first-order valence-corrected chi connectivity index (χ1v) is 13.6. The summed E-state index contributed by atoms with van der Waals surface area (Å²) in [6.07, 6.45) is 0. The Balaban J connectivity index is 1.49. The van der Waals surface area contributed by atoms with E-state index in [9.17, 15) is 0 Å². The second kappa shape index (κ2) is 9.48. The number of para-hydroxylation sites is 1. The first-order chi connectivity index (χ1) is 18.8. The largest absolute Gasteiger partial charge is 0.309 e. The van der Waals surface area contributed by atoms with Crippen molar-refractivity contribution in [3.05, 3.63) is 150 Å². The van der Waals surface area contributed by atoms with Crippen LogP contribution in [0, 0.1) is 0 Å². The predicted molar refractivity (Wildman–Crippen MR) is 165 cm³/mol. The molecule has 1 aromatic heterocycles. The van der Waals surface area contributed by atoms with E-state index < -0.39 is 0 Å². The second-order valence-corrected chi connectivity index (χ2v) is 10.5. The van der Waals surface area contributed by atoms with Crippen molar-refractivity contribution in [1.82, 2.24) is 4.57 Å². The van der Waals surface area contributed by atoms with Gasteiger partial charge in [0.1, 0.15) is 0 Å². The monoisotopic (exact) mass is 549 g/mol. The average Bonchev–Trinajstić information content (AvgIpc) is 3.31. The molecule has 7 rings (SSSR count). The summed E-state index contributed by atoms with van der Waals surface area (Å²) in [7, 11) is 0. The van der Waals surface area contributed by atoms with Crippen LogP contribution in [0.4, 0.5) is 0 Å². The molecule has 0 amide bonds. The lowest BCUT2D eigenvalue weighted by Gasteiger charge is -2.12. The van der Waals surface area contributed by atoms with Crippen LogP contribution in [-0.2, 0) is 0 Å². The summed E-state index contributed by atoms with van der Waals surface area (Å²) in [4.78, 5) is 0. The maximum Gasteiger partial charge on any atom is 0.0547 e. The molecule has 0 saturated carbocycles. The number of rotatable bonds is 4. The Morgan fingerprint density at radius 2 is 1.03 bits per heavy atom. The van der Waals surface area contributed by atoms with Crippen LogP contribution in [0.3, 0.4) is 0 Å². The van der Waals surface area contributed by atoms with Crippen LogP contribution >= 0.6 is 15.9 Å². The van der Waals surface area contributed by atoms with E-state index >= 15 is 0 Å². The number of fused-ring (bicyclic) bond motifs is 3. The van der Waals surface area contributed by atoms with Crippen LogP contribution < -0.4 is 0 Å². The third-order valence-corrected chi connectivity index (χ3v) is 7.75. The summed E-state index contributed by atoms with van der Waals surface area (Å²) in [5, 5.41) is 2.52. The molecule has 0 aliphatic carbocycles. The van der Waals surface area contributed by atoms with Crippen molar-refractivity contribution in [1.29, 1.82) is 0 Å².